The number of carbonyl (C=O) groups excluding carboxylic acids is 1. The minimum absolute atomic E-state index is 0.0810. The van der Waals surface area contributed by atoms with Crippen LogP contribution in [0.4, 0.5) is 5.69 Å². The maximum Gasteiger partial charge on any atom is 0.243 e. The van der Waals surface area contributed by atoms with Crippen LogP contribution in [-0.4, -0.2) is 30.0 Å². The van der Waals surface area contributed by atoms with E-state index in [0.29, 0.717) is 18.7 Å². The van der Waals surface area contributed by atoms with Crippen molar-refractivity contribution in [2.45, 2.75) is 54.8 Å². The van der Waals surface area contributed by atoms with Crippen molar-refractivity contribution in [1.82, 2.24) is 4.31 Å². The SMILES string of the molecule is CC(=O)Nc1ccc(S(=O)(=O)N2CCC3(Cl)CCCCC3C2c2ccccc2)cc1. The summed E-state index contributed by atoms with van der Waals surface area (Å²) in [5.74, 6) is -0.112. The van der Waals surface area contributed by atoms with Crippen LogP contribution in [0, 0.1) is 5.92 Å². The normalized spacial score (nSPS) is 27.3. The van der Waals surface area contributed by atoms with Gasteiger partial charge in [0, 0.05) is 19.2 Å². The highest BCUT2D eigenvalue weighted by Gasteiger charge is 2.51. The molecule has 1 aliphatic carbocycles. The molecule has 1 saturated carbocycles. The summed E-state index contributed by atoms with van der Waals surface area (Å²) in [5.41, 5.74) is 1.57. The van der Waals surface area contributed by atoms with E-state index in [0.717, 1.165) is 31.2 Å². The van der Waals surface area contributed by atoms with Crippen molar-refractivity contribution < 1.29 is 13.2 Å². The van der Waals surface area contributed by atoms with Crippen molar-refractivity contribution in [3.63, 3.8) is 0 Å². The lowest BCUT2D eigenvalue weighted by molar-refractivity contribution is -0.114. The number of anilines is 1. The molecular weight excluding hydrogens is 420 g/mol. The van der Waals surface area contributed by atoms with Gasteiger partial charge < -0.3 is 5.32 Å². The first-order valence-electron chi connectivity index (χ1n) is 10.4. The van der Waals surface area contributed by atoms with Gasteiger partial charge in [0.05, 0.1) is 15.8 Å². The van der Waals surface area contributed by atoms with Gasteiger partial charge in [0.15, 0.2) is 0 Å². The molecule has 160 valence electrons. The number of hydrogen-bond donors (Lipinski definition) is 1. The summed E-state index contributed by atoms with van der Waals surface area (Å²) in [6.07, 6.45) is 4.69. The largest absolute Gasteiger partial charge is 0.326 e. The van der Waals surface area contributed by atoms with E-state index in [-0.39, 0.29) is 27.6 Å². The predicted octanol–water partition coefficient (Wildman–Crippen LogP) is 4.95. The molecule has 1 saturated heterocycles. The van der Waals surface area contributed by atoms with Crippen LogP contribution in [-0.2, 0) is 14.8 Å². The molecule has 30 heavy (non-hydrogen) atoms. The number of carbonyl (C=O) groups is 1. The molecule has 4 rings (SSSR count). The Morgan fingerprint density at radius 3 is 2.43 bits per heavy atom. The van der Waals surface area contributed by atoms with E-state index in [4.69, 9.17) is 11.6 Å². The summed E-state index contributed by atoms with van der Waals surface area (Å²) in [6, 6.07) is 16.0. The Bertz CT molecular complexity index is 1010. The maximum atomic E-state index is 13.7. The van der Waals surface area contributed by atoms with Crippen molar-refractivity contribution in [2.75, 3.05) is 11.9 Å². The standard InChI is InChI=1S/C23H27ClN2O3S/c1-17(27)25-19-10-12-20(13-11-19)30(28,29)26-16-15-23(24)14-6-5-9-21(23)22(26)18-7-3-2-4-8-18/h2-4,7-8,10-13,21-22H,5-6,9,14-16H2,1H3,(H,25,27). The first kappa shape index (κ1) is 21.3. The molecular formula is C23H27ClN2O3S. The minimum Gasteiger partial charge on any atom is -0.326 e. The molecule has 3 atom stereocenters. The fourth-order valence-electron chi connectivity index (χ4n) is 4.98. The molecule has 2 aromatic rings. The molecule has 1 N–H and O–H groups in total. The third-order valence-electron chi connectivity index (χ3n) is 6.38. The van der Waals surface area contributed by atoms with Gasteiger partial charge in [-0.05, 0) is 55.0 Å². The van der Waals surface area contributed by atoms with E-state index in [2.05, 4.69) is 5.32 Å². The molecule has 3 unspecified atom stereocenters. The second-order valence-electron chi connectivity index (χ2n) is 8.31. The lowest BCUT2D eigenvalue weighted by Crippen LogP contribution is -2.53. The Hall–Kier alpha value is -1.89. The van der Waals surface area contributed by atoms with Crippen LogP contribution < -0.4 is 5.32 Å². The van der Waals surface area contributed by atoms with Crippen molar-refractivity contribution in [1.29, 1.82) is 0 Å². The highest BCUT2D eigenvalue weighted by molar-refractivity contribution is 7.89. The highest BCUT2D eigenvalue weighted by atomic mass is 35.5. The van der Waals surface area contributed by atoms with Gasteiger partial charge in [-0.3, -0.25) is 4.79 Å². The zero-order valence-electron chi connectivity index (χ0n) is 17.1. The monoisotopic (exact) mass is 446 g/mol. The van der Waals surface area contributed by atoms with Gasteiger partial charge in [0.1, 0.15) is 0 Å². The van der Waals surface area contributed by atoms with Crippen LogP contribution in [0.1, 0.15) is 50.6 Å². The predicted molar refractivity (Wildman–Crippen MR) is 119 cm³/mol. The Balaban J connectivity index is 1.72. The van der Waals surface area contributed by atoms with Gasteiger partial charge in [0.2, 0.25) is 15.9 Å². The highest BCUT2D eigenvalue weighted by Crippen LogP contribution is 2.53. The summed E-state index contributed by atoms with van der Waals surface area (Å²) in [4.78, 5) is 11.1. The molecule has 1 heterocycles. The Labute approximate surface area is 183 Å². The number of sulfonamides is 1. The molecule has 1 amide bonds. The van der Waals surface area contributed by atoms with Crippen LogP contribution in [0.3, 0.4) is 0 Å². The fraction of sp³-hybridized carbons (Fsp3) is 0.435. The molecule has 1 aliphatic heterocycles. The van der Waals surface area contributed by atoms with Crippen molar-refractivity contribution in [3.05, 3.63) is 60.2 Å². The molecule has 5 nitrogen and oxygen atoms in total. The van der Waals surface area contributed by atoms with Crippen LogP contribution in [0.15, 0.2) is 59.5 Å². The molecule has 2 fully saturated rings. The van der Waals surface area contributed by atoms with Gasteiger partial charge in [-0.25, -0.2) is 8.42 Å². The van der Waals surface area contributed by atoms with Gasteiger partial charge in [0.25, 0.3) is 0 Å². The van der Waals surface area contributed by atoms with E-state index in [1.54, 1.807) is 28.6 Å². The number of nitrogens with zero attached hydrogens (tertiary/aromatic N) is 1. The number of fused-ring (bicyclic) bond motifs is 1. The third-order valence-corrected chi connectivity index (χ3v) is 8.94. The van der Waals surface area contributed by atoms with Gasteiger partial charge in [-0.15, -0.1) is 11.6 Å². The molecule has 0 bridgehead atoms. The van der Waals surface area contributed by atoms with E-state index in [1.165, 1.54) is 6.92 Å². The number of rotatable bonds is 4. The molecule has 7 heteroatoms. The summed E-state index contributed by atoms with van der Waals surface area (Å²) >= 11 is 7.09. The topological polar surface area (TPSA) is 66.5 Å². The van der Waals surface area contributed by atoms with Gasteiger partial charge >= 0.3 is 0 Å². The minimum atomic E-state index is -3.72. The molecule has 0 radical (unpaired) electrons. The van der Waals surface area contributed by atoms with E-state index >= 15 is 0 Å². The summed E-state index contributed by atoms with van der Waals surface area (Å²) in [5, 5.41) is 2.67. The number of hydrogen-bond acceptors (Lipinski definition) is 3. The van der Waals surface area contributed by atoms with E-state index < -0.39 is 10.0 Å². The maximum absolute atomic E-state index is 13.7. The van der Waals surface area contributed by atoms with Crippen LogP contribution in [0.25, 0.3) is 0 Å². The van der Waals surface area contributed by atoms with Crippen molar-refractivity contribution in [3.8, 4) is 0 Å². The van der Waals surface area contributed by atoms with Crippen LogP contribution in [0.5, 0.6) is 0 Å². The quantitative estimate of drug-likeness (QED) is 0.676. The molecule has 0 aromatic heterocycles. The summed E-state index contributed by atoms with van der Waals surface area (Å²) in [6.45, 7) is 1.82. The summed E-state index contributed by atoms with van der Waals surface area (Å²) in [7, 11) is -3.72. The smallest absolute Gasteiger partial charge is 0.243 e. The van der Waals surface area contributed by atoms with E-state index in [1.807, 2.05) is 30.3 Å². The zero-order valence-corrected chi connectivity index (χ0v) is 18.6. The summed E-state index contributed by atoms with van der Waals surface area (Å²) < 4.78 is 29.0. The molecule has 0 spiro atoms. The average Bonchev–Trinajstić information content (AvgIpc) is 2.73. The number of benzene rings is 2. The number of nitrogens with one attached hydrogen (secondary N) is 1. The second kappa shape index (κ2) is 8.33. The number of halogens is 1. The fourth-order valence-corrected chi connectivity index (χ4v) is 7.08. The zero-order chi connectivity index (χ0) is 21.4. The lowest BCUT2D eigenvalue weighted by atomic mass is 9.69. The number of alkyl halides is 1. The van der Waals surface area contributed by atoms with Crippen molar-refractivity contribution in [2.24, 2.45) is 5.92 Å². The van der Waals surface area contributed by atoms with Gasteiger partial charge in [-0.2, -0.15) is 4.31 Å². The Morgan fingerprint density at radius 1 is 1.07 bits per heavy atom. The average molecular weight is 447 g/mol. The Morgan fingerprint density at radius 2 is 1.77 bits per heavy atom. The molecule has 2 aromatic carbocycles. The first-order chi connectivity index (χ1) is 14.3. The van der Waals surface area contributed by atoms with Crippen LogP contribution in [0.2, 0.25) is 0 Å². The first-order valence-corrected chi connectivity index (χ1v) is 12.3. The van der Waals surface area contributed by atoms with Gasteiger partial charge in [-0.1, -0.05) is 43.2 Å². The van der Waals surface area contributed by atoms with Crippen LogP contribution >= 0.6 is 11.6 Å². The van der Waals surface area contributed by atoms with Crippen molar-refractivity contribution >= 4 is 33.2 Å². The second-order valence-corrected chi connectivity index (χ2v) is 11.0. The number of amides is 1. The van der Waals surface area contributed by atoms with E-state index in [9.17, 15) is 13.2 Å². The number of piperidine rings is 1. The Kier molecular flexibility index (Phi) is 5.93. The third kappa shape index (κ3) is 4.01. The lowest BCUT2D eigenvalue weighted by Gasteiger charge is -2.51. The molecule has 2 aliphatic rings.